The molecule has 17 heavy (non-hydrogen) atoms. The molecule has 1 unspecified atom stereocenters. The summed E-state index contributed by atoms with van der Waals surface area (Å²) in [6, 6.07) is 14.7. The van der Waals surface area contributed by atoms with E-state index in [2.05, 4.69) is 62.5 Å². The van der Waals surface area contributed by atoms with E-state index in [1.807, 2.05) is 0 Å². The highest BCUT2D eigenvalue weighted by Gasteiger charge is 2.09. The number of rotatable bonds is 4. The summed E-state index contributed by atoms with van der Waals surface area (Å²) in [7, 11) is -0.249. The molecule has 2 heteroatoms. The molecule has 2 aromatic rings. The van der Waals surface area contributed by atoms with Gasteiger partial charge in [0.2, 0.25) is 0 Å². The van der Waals surface area contributed by atoms with Crippen LogP contribution in [0.25, 0.3) is 10.8 Å². The van der Waals surface area contributed by atoms with E-state index >= 15 is 0 Å². The van der Waals surface area contributed by atoms with Crippen LogP contribution in [-0.4, -0.2) is 15.4 Å². The van der Waals surface area contributed by atoms with Gasteiger partial charge in [0.25, 0.3) is 0 Å². The molecule has 0 aliphatic heterocycles. The van der Waals surface area contributed by atoms with Crippen LogP contribution in [0.1, 0.15) is 6.92 Å². The van der Waals surface area contributed by atoms with Gasteiger partial charge in [0.1, 0.15) is 5.75 Å². The Bertz CT molecular complexity index is 493. The number of fused-ring (bicyclic) bond motifs is 1. The highest BCUT2D eigenvalue weighted by Crippen LogP contribution is 2.21. The van der Waals surface area contributed by atoms with Crippen LogP contribution in [0.15, 0.2) is 42.5 Å². The Hall–Kier alpha value is -1.28. The van der Waals surface area contributed by atoms with Gasteiger partial charge in [-0.15, -0.1) is 0 Å². The van der Waals surface area contributed by atoms with Crippen molar-refractivity contribution in [1.29, 1.82) is 0 Å². The quantitative estimate of drug-likeness (QED) is 0.725. The van der Waals surface area contributed by atoms with Gasteiger partial charge in [0.15, 0.2) is 0 Å². The average molecular weight is 243 g/mol. The molecule has 1 radical (unpaired) electrons. The molecule has 0 N–H and O–H groups in total. The number of hydrogen-bond donors (Lipinski definition) is 0. The van der Waals surface area contributed by atoms with Gasteiger partial charge in [-0.1, -0.05) is 50.3 Å². The van der Waals surface area contributed by atoms with Gasteiger partial charge in [-0.3, -0.25) is 0 Å². The molecule has 1 nitrogen and oxygen atoms in total. The SMILES string of the molecule is CC(COc1ccc2ccccc2c1)[Si](C)C. The van der Waals surface area contributed by atoms with Crippen LogP contribution in [0.4, 0.5) is 0 Å². The van der Waals surface area contributed by atoms with Crippen LogP contribution in [0.3, 0.4) is 0 Å². The highest BCUT2D eigenvalue weighted by atomic mass is 28.3. The van der Waals surface area contributed by atoms with E-state index < -0.39 is 0 Å². The number of ether oxygens (including phenoxy) is 1. The van der Waals surface area contributed by atoms with E-state index in [4.69, 9.17) is 4.74 Å². The van der Waals surface area contributed by atoms with Gasteiger partial charge in [0.05, 0.1) is 6.61 Å². The van der Waals surface area contributed by atoms with E-state index in [0.717, 1.165) is 12.4 Å². The predicted molar refractivity (Wildman–Crippen MR) is 76.3 cm³/mol. The molecule has 2 aromatic carbocycles. The number of benzene rings is 2. The fraction of sp³-hybridized carbons (Fsp3) is 0.333. The second-order valence-corrected chi connectivity index (χ2v) is 7.94. The minimum absolute atomic E-state index is 0.249. The third kappa shape index (κ3) is 3.10. The van der Waals surface area contributed by atoms with Crippen molar-refractivity contribution in [2.75, 3.05) is 6.61 Å². The summed E-state index contributed by atoms with van der Waals surface area (Å²) >= 11 is 0. The first-order chi connectivity index (χ1) is 8.16. The first-order valence-corrected chi connectivity index (χ1v) is 8.66. The molecule has 0 aliphatic carbocycles. The van der Waals surface area contributed by atoms with Crippen molar-refractivity contribution in [3.8, 4) is 5.75 Å². The minimum Gasteiger partial charge on any atom is -0.494 e. The molecule has 0 bridgehead atoms. The van der Waals surface area contributed by atoms with Crippen LogP contribution in [0, 0.1) is 0 Å². The Morgan fingerprint density at radius 3 is 2.47 bits per heavy atom. The molecule has 0 fully saturated rings. The van der Waals surface area contributed by atoms with Crippen LogP contribution in [0.2, 0.25) is 18.6 Å². The van der Waals surface area contributed by atoms with Crippen LogP contribution < -0.4 is 4.74 Å². The standard InChI is InChI=1S/C15H19OSi/c1-12(17(2)3)11-16-15-9-8-13-6-4-5-7-14(13)10-15/h4-10,12H,11H2,1-3H3. The summed E-state index contributed by atoms with van der Waals surface area (Å²) in [6.45, 7) is 7.77. The average Bonchev–Trinajstić information content (AvgIpc) is 2.35. The Balaban J connectivity index is 2.09. The Kier molecular flexibility index (Phi) is 3.84. The molecule has 0 aliphatic rings. The summed E-state index contributed by atoms with van der Waals surface area (Å²) < 4.78 is 5.86. The van der Waals surface area contributed by atoms with Gasteiger partial charge in [-0.25, -0.2) is 0 Å². The lowest BCUT2D eigenvalue weighted by atomic mass is 10.1. The lowest BCUT2D eigenvalue weighted by Crippen LogP contribution is -2.16. The van der Waals surface area contributed by atoms with Crippen LogP contribution in [-0.2, 0) is 0 Å². The lowest BCUT2D eigenvalue weighted by Gasteiger charge is -2.15. The molecule has 0 aromatic heterocycles. The van der Waals surface area contributed by atoms with Crippen molar-refractivity contribution >= 4 is 19.6 Å². The van der Waals surface area contributed by atoms with Crippen molar-refractivity contribution in [1.82, 2.24) is 0 Å². The molecule has 2 rings (SSSR count). The third-order valence-electron chi connectivity index (χ3n) is 3.21. The predicted octanol–water partition coefficient (Wildman–Crippen LogP) is 4.36. The second kappa shape index (κ2) is 5.37. The van der Waals surface area contributed by atoms with Gasteiger partial charge < -0.3 is 4.74 Å². The molecule has 0 amide bonds. The summed E-state index contributed by atoms with van der Waals surface area (Å²) in [5, 5.41) is 2.51. The summed E-state index contributed by atoms with van der Waals surface area (Å²) in [5.41, 5.74) is 0.687. The highest BCUT2D eigenvalue weighted by molar-refractivity contribution is 6.57. The maximum absolute atomic E-state index is 5.86. The van der Waals surface area contributed by atoms with Gasteiger partial charge >= 0.3 is 0 Å². The first-order valence-electron chi connectivity index (χ1n) is 6.08. The molecule has 0 saturated heterocycles. The van der Waals surface area contributed by atoms with Gasteiger partial charge in [-0.05, 0) is 28.4 Å². The minimum atomic E-state index is -0.249. The van der Waals surface area contributed by atoms with E-state index in [0.29, 0.717) is 5.54 Å². The monoisotopic (exact) mass is 243 g/mol. The van der Waals surface area contributed by atoms with E-state index in [-0.39, 0.29) is 8.80 Å². The molecule has 89 valence electrons. The largest absolute Gasteiger partial charge is 0.494 e. The van der Waals surface area contributed by atoms with Gasteiger partial charge in [-0.2, -0.15) is 0 Å². The maximum atomic E-state index is 5.86. The molecule has 1 atom stereocenters. The second-order valence-electron chi connectivity index (χ2n) is 4.80. The van der Waals surface area contributed by atoms with E-state index in [1.165, 1.54) is 10.8 Å². The van der Waals surface area contributed by atoms with E-state index in [1.54, 1.807) is 0 Å². The third-order valence-corrected chi connectivity index (χ3v) is 5.34. The Labute approximate surface area is 105 Å². The lowest BCUT2D eigenvalue weighted by molar-refractivity contribution is 0.316. The molecular formula is C15H19OSi. The zero-order chi connectivity index (χ0) is 12.3. The van der Waals surface area contributed by atoms with E-state index in [9.17, 15) is 0 Å². The van der Waals surface area contributed by atoms with Crippen molar-refractivity contribution in [3.63, 3.8) is 0 Å². The van der Waals surface area contributed by atoms with Crippen molar-refractivity contribution < 1.29 is 4.74 Å². The van der Waals surface area contributed by atoms with Crippen LogP contribution in [0.5, 0.6) is 5.75 Å². The molecular weight excluding hydrogens is 224 g/mol. The first kappa shape index (κ1) is 12.2. The number of hydrogen-bond acceptors (Lipinski definition) is 1. The fourth-order valence-electron chi connectivity index (χ4n) is 1.65. The topological polar surface area (TPSA) is 9.23 Å². The maximum Gasteiger partial charge on any atom is 0.119 e. The summed E-state index contributed by atoms with van der Waals surface area (Å²) in [6.07, 6.45) is 0. The Morgan fingerprint density at radius 2 is 1.76 bits per heavy atom. The zero-order valence-electron chi connectivity index (χ0n) is 10.7. The fourth-order valence-corrected chi connectivity index (χ4v) is 2.06. The van der Waals surface area contributed by atoms with Crippen LogP contribution >= 0.6 is 0 Å². The zero-order valence-corrected chi connectivity index (χ0v) is 11.7. The summed E-state index contributed by atoms with van der Waals surface area (Å²) in [4.78, 5) is 0. The van der Waals surface area contributed by atoms with Crippen molar-refractivity contribution in [3.05, 3.63) is 42.5 Å². The normalized spacial score (nSPS) is 12.9. The van der Waals surface area contributed by atoms with Gasteiger partial charge in [0, 0.05) is 8.80 Å². The summed E-state index contributed by atoms with van der Waals surface area (Å²) in [5.74, 6) is 0.985. The molecule has 0 saturated carbocycles. The molecule has 0 heterocycles. The Morgan fingerprint density at radius 1 is 1.06 bits per heavy atom. The molecule has 0 spiro atoms. The smallest absolute Gasteiger partial charge is 0.119 e. The van der Waals surface area contributed by atoms with Crippen molar-refractivity contribution in [2.24, 2.45) is 0 Å². The van der Waals surface area contributed by atoms with Crippen molar-refractivity contribution in [2.45, 2.75) is 25.6 Å².